The Morgan fingerprint density at radius 2 is 1.87 bits per heavy atom. The molecule has 2 N–H and O–H groups in total. The third-order valence-electron chi connectivity index (χ3n) is 6.28. The minimum Gasteiger partial charge on any atom is -0.495 e. The summed E-state index contributed by atoms with van der Waals surface area (Å²) < 4.78 is 5.52. The fourth-order valence-electron chi connectivity index (χ4n) is 4.37. The van der Waals surface area contributed by atoms with E-state index in [-0.39, 0.29) is 0 Å². The van der Waals surface area contributed by atoms with E-state index in [4.69, 9.17) is 4.74 Å². The highest BCUT2D eigenvalue weighted by Crippen LogP contribution is 2.30. The fraction of sp³-hybridized carbons (Fsp3) is 0.696. The maximum absolute atomic E-state index is 5.52. The third kappa shape index (κ3) is 6.51. The van der Waals surface area contributed by atoms with E-state index >= 15 is 0 Å². The first kappa shape index (κ1) is 22.7. The van der Waals surface area contributed by atoms with Crippen molar-refractivity contribution in [1.29, 1.82) is 0 Å². The van der Waals surface area contributed by atoms with E-state index in [1.165, 1.54) is 57.8 Å². The van der Waals surface area contributed by atoms with Crippen molar-refractivity contribution in [3.05, 3.63) is 24.3 Å². The predicted molar refractivity (Wildman–Crippen MR) is 126 cm³/mol. The number of likely N-dealkylation sites (N-methyl/N-ethyl adjacent to an activating group) is 1. The highest BCUT2D eigenvalue weighted by Gasteiger charge is 2.25. The summed E-state index contributed by atoms with van der Waals surface area (Å²) in [6.07, 6.45) is 3.51. The lowest BCUT2D eigenvalue weighted by atomic mass is 10.2. The molecule has 1 aromatic carbocycles. The van der Waals surface area contributed by atoms with Gasteiger partial charge in [-0.3, -0.25) is 4.99 Å². The molecule has 1 unspecified atom stereocenters. The zero-order valence-electron chi connectivity index (χ0n) is 19.1. The molecule has 2 fully saturated rings. The number of methoxy groups -OCH3 is 1. The highest BCUT2D eigenvalue weighted by molar-refractivity contribution is 5.80. The molecule has 0 aliphatic carbocycles. The van der Waals surface area contributed by atoms with Gasteiger partial charge in [0.1, 0.15) is 5.75 Å². The molecule has 2 aliphatic rings. The summed E-state index contributed by atoms with van der Waals surface area (Å²) >= 11 is 0. The molecular weight excluding hydrogens is 376 g/mol. The van der Waals surface area contributed by atoms with E-state index in [1.807, 2.05) is 19.2 Å². The minimum atomic E-state index is 0.399. The molecule has 2 aliphatic heterocycles. The molecular formula is C23H40N6O. The Morgan fingerprint density at radius 3 is 2.60 bits per heavy atom. The number of hydrogen-bond donors (Lipinski definition) is 2. The molecule has 0 saturated carbocycles. The van der Waals surface area contributed by atoms with Crippen LogP contribution in [0.25, 0.3) is 0 Å². The zero-order chi connectivity index (χ0) is 21.2. The second-order valence-corrected chi connectivity index (χ2v) is 8.23. The number of benzene rings is 1. The Hall–Kier alpha value is -1.99. The number of unbranched alkanes of at least 4 members (excludes halogenated alkanes) is 1. The summed E-state index contributed by atoms with van der Waals surface area (Å²) in [6.45, 7) is 12.5. The molecule has 0 aromatic heterocycles. The largest absolute Gasteiger partial charge is 0.495 e. The fourth-order valence-corrected chi connectivity index (χ4v) is 4.37. The summed E-state index contributed by atoms with van der Waals surface area (Å²) in [6, 6.07) is 8.65. The van der Waals surface area contributed by atoms with Crippen molar-refractivity contribution < 1.29 is 4.74 Å². The van der Waals surface area contributed by atoms with E-state index in [2.05, 4.69) is 49.4 Å². The summed E-state index contributed by atoms with van der Waals surface area (Å²) in [5.41, 5.74) is 1.17. The van der Waals surface area contributed by atoms with Gasteiger partial charge < -0.3 is 30.1 Å². The maximum atomic E-state index is 5.52. The van der Waals surface area contributed by atoms with Crippen molar-refractivity contribution in [3.63, 3.8) is 0 Å². The number of rotatable bonds is 9. The molecule has 7 nitrogen and oxygen atoms in total. The molecule has 1 atom stereocenters. The Labute approximate surface area is 182 Å². The molecule has 3 rings (SSSR count). The van der Waals surface area contributed by atoms with Crippen LogP contribution in [0.3, 0.4) is 0 Å². The number of guanidine groups is 1. The average molecular weight is 417 g/mol. The Morgan fingerprint density at radius 1 is 1.10 bits per heavy atom. The van der Waals surface area contributed by atoms with Crippen molar-refractivity contribution in [3.8, 4) is 5.75 Å². The summed E-state index contributed by atoms with van der Waals surface area (Å²) in [5.74, 6) is 1.86. The summed E-state index contributed by atoms with van der Waals surface area (Å²) in [5, 5.41) is 7.09. The van der Waals surface area contributed by atoms with E-state index in [1.54, 1.807) is 7.11 Å². The number of anilines is 1. The van der Waals surface area contributed by atoms with Crippen LogP contribution in [0.5, 0.6) is 5.75 Å². The quantitative estimate of drug-likeness (QED) is 0.364. The van der Waals surface area contributed by atoms with Crippen LogP contribution in [0.15, 0.2) is 29.3 Å². The van der Waals surface area contributed by atoms with Gasteiger partial charge in [0.25, 0.3) is 0 Å². The third-order valence-corrected chi connectivity index (χ3v) is 6.28. The summed E-state index contributed by atoms with van der Waals surface area (Å²) in [4.78, 5) is 11.9. The molecule has 30 heavy (non-hydrogen) atoms. The van der Waals surface area contributed by atoms with Crippen LogP contribution in [0.1, 0.15) is 26.2 Å². The Balaban J connectivity index is 1.32. The Bertz CT molecular complexity index is 659. The number of hydrogen-bond acceptors (Lipinski definition) is 5. The van der Waals surface area contributed by atoms with Crippen molar-refractivity contribution in [2.45, 2.75) is 32.2 Å². The average Bonchev–Trinajstić information content (AvgIpc) is 3.26. The van der Waals surface area contributed by atoms with Crippen LogP contribution >= 0.6 is 0 Å². The highest BCUT2D eigenvalue weighted by atomic mass is 16.5. The van der Waals surface area contributed by atoms with Crippen molar-refractivity contribution in [2.75, 3.05) is 78.0 Å². The normalized spacial score (nSPS) is 21.1. The monoisotopic (exact) mass is 416 g/mol. The minimum absolute atomic E-state index is 0.399. The van der Waals surface area contributed by atoms with Crippen LogP contribution in [-0.4, -0.2) is 94.9 Å². The maximum Gasteiger partial charge on any atom is 0.191 e. The van der Waals surface area contributed by atoms with Gasteiger partial charge in [-0.2, -0.15) is 0 Å². The van der Waals surface area contributed by atoms with E-state index in [9.17, 15) is 0 Å². The molecule has 0 bridgehead atoms. The number of piperazine rings is 1. The van der Waals surface area contributed by atoms with Gasteiger partial charge in [0.2, 0.25) is 0 Å². The number of nitrogens with one attached hydrogen (secondary N) is 2. The van der Waals surface area contributed by atoms with Gasteiger partial charge in [-0.1, -0.05) is 19.1 Å². The van der Waals surface area contributed by atoms with Crippen LogP contribution in [0.2, 0.25) is 0 Å². The lowest BCUT2D eigenvalue weighted by molar-refractivity contribution is 0.136. The first-order valence-corrected chi connectivity index (χ1v) is 11.5. The van der Waals surface area contributed by atoms with Crippen molar-refractivity contribution >= 4 is 11.6 Å². The second kappa shape index (κ2) is 12.0. The van der Waals surface area contributed by atoms with Gasteiger partial charge in [-0.25, -0.2) is 0 Å². The first-order valence-electron chi connectivity index (χ1n) is 11.5. The van der Waals surface area contributed by atoms with Gasteiger partial charge in [0.15, 0.2) is 5.96 Å². The van der Waals surface area contributed by atoms with Crippen molar-refractivity contribution in [2.24, 2.45) is 4.99 Å². The standard InChI is InChI=1S/C23H40N6O/c1-4-27-15-17-28(18-16-27)13-8-7-12-25-23(24-2)26-20-11-14-29(19-20)21-9-5-6-10-22(21)30-3/h5-6,9-10,20H,4,7-8,11-19H2,1-3H3,(H2,24,25,26). The van der Waals surface area contributed by atoms with Gasteiger partial charge in [-0.05, 0) is 44.5 Å². The van der Waals surface area contributed by atoms with Crippen molar-refractivity contribution in [1.82, 2.24) is 20.4 Å². The molecule has 1 aromatic rings. The topological polar surface area (TPSA) is 55.4 Å². The number of aliphatic imine (C=N–C) groups is 1. The van der Waals surface area contributed by atoms with Gasteiger partial charge >= 0.3 is 0 Å². The van der Waals surface area contributed by atoms with Crippen LogP contribution < -0.4 is 20.3 Å². The second-order valence-electron chi connectivity index (χ2n) is 8.23. The smallest absolute Gasteiger partial charge is 0.191 e. The van der Waals surface area contributed by atoms with Crippen LogP contribution in [0, 0.1) is 0 Å². The lowest BCUT2D eigenvalue weighted by Gasteiger charge is -2.34. The van der Waals surface area contributed by atoms with Crippen LogP contribution in [0.4, 0.5) is 5.69 Å². The molecule has 0 spiro atoms. The number of nitrogens with zero attached hydrogens (tertiary/aromatic N) is 4. The van der Waals surface area contributed by atoms with Gasteiger partial charge in [-0.15, -0.1) is 0 Å². The molecule has 0 amide bonds. The number of para-hydroxylation sites is 2. The first-order chi connectivity index (χ1) is 14.7. The van der Waals surface area contributed by atoms with Gasteiger partial charge in [0, 0.05) is 58.9 Å². The van der Waals surface area contributed by atoms with Crippen LogP contribution in [-0.2, 0) is 0 Å². The molecule has 168 valence electrons. The predicted octanol–water partition coefficient (Wildman–Crippen LogP) is 1.86. The van der Waals surface area contributed by atoms with E-state index in [0.29, 0.717) is 6.04 Å². The summed E-state index contributed by atoms with van der Waals surface area (Å²) in [7, 11) is 3.59. The molecule has 2 saturated heterocycles. The zero-order valence-corrected chi connectivity index (χ0v) is 19.1. The van der Waals surface area contributed by atoms with E-state index in [0.717, 1.165) is 37.8 Å². The SMILES string of the molecule is CCN1CCN(CCCCNC(=NC)NC2CCN(c3ccccc3OC)C2)CC1. The van der Waals surface area contributed by atoms with E-state index < -0.39 is 0 Å². The van der Waals surface area contributed by atoms with Gasteiger partial charge in [0.05, 0.1) is 12.8 Å². The number of ether oxygens (including phenoxy) is 1. The molecule has 2 heterocycles. The lowest BCUT2D eigenvalue weighted by Crippen LogP contribution is -2.46. The Kier molecular flexibility index (Phi) is 9.08. The molecule has 7 heteroatoms. The molecule has 0 radical (unpaired) electrons.